The lowest BCUT2D eigenvalue weighted by molar-refractivity contribution is -0.158. The zero-order valence-electron chi connectivity index (χ0n) is 20.0. The van der Waals surface area contributed by atoms with E-state index >= 15 is 0 Å². The van der Waals surface area contributed by atoms with Gasteiger partial charge in [0, 0.05) is 18.7 Å². The summed E-state index contributed by atoms with van der Waals surface area (Å²) in [6.07, 6.45) is 2.97. The van der Waals surface area contributed by atoms with Crippen molar-refractivity contribution >= 4 is 21.9 Å². The van der Waals surface area contributed by atoms with Gasteiger partial charge in [-0.1, -0.05) is 26.7 Å². The summed E-state index contributed by atoms with van der Waals surface area (Å²) in [6.45, 7) is 6.79. The van der Waals surface area contributed by atoms with Crippen LogP contribution in [0.3, 0.4) is 0 Å². The van der Waals surface area contributed by atoms with Crippen LogP contribution in [0.15, 0.2) is 23.1 Å². The summed E-state index contributed by atoms with van der Waals surface area (Å²) >= 11 is 0. The Balaban J connectivity index is 1.41. The maximum Gasteiger partial charge on any atom is 0.325 e. The fourth-order valence-corrected chi connectivity index (χ4v) is 6.64. The van der Waals surface area contributed by atoms with E-state index in [2.05, 4.69) is 19.2 Å². The van der Waals surface area contributed by atoms with E-state index in [0.29, 0.717) is 49.4 Å². The number of amides is 1. The standard InChI is InChI=1S/C24H34N2O7S/c1-15-6-4-7-19(16(15)2)25-23(27)17(3)33-24(28)20-8-5-11-26(20)34(29,30)18-9-10-21-22(14-18)32-13-12-31-21/h9-10,14-17,19-20H,4-8,11-13H2,1-3H3,(H,25,27). The molecule has 0 spiro atoms. The molecule has 9 nitrogen and oxygen atoms in total. The minimum absolute atomic E-state index is 0.0302. The molecule has 1 amide bonds. The smallest absolute Gasteiger partial charge is 0.325 e. The Morgan fingerprint density at radius 1 is 1.09 bits per heavy atom. The first-order valence-electron chi connectivity index (χ1n) is 12.1. The van der Waals surface area contributed by atoms with E-state index in [1.165, 1.54) is 19.1 Å². The van der Waals surface area contributed by atoms with Gasteiger partial charge in [-0.2, -0.15) is 4.31 Å². The lowest BCUT2D eigenvalue weighted by Crippen LogP contribution is -2.49. The van der Waals surface area contributed by atoms with Crippen molar-refractivity contribution in [2.24, 2.45) is 11.8 Å². The monoisotopic (exact) mass is 494 g/mol. The molecule has 2 fully saturated rings. The molecule has 5 unspecified atom stereocenters. The molecular formula is C24H34N2O7S. The van der Waals surface area contributed by atoms with Gasteiger partial charge in [0.2, 0.25) is 10.0 Å². The van der Waals surface area contributed by atoms with Gasteiger partial charge in [-0.15, -0.1) is 0 Å². The Morgan fingerprint density at radius 3 is 2.59 bits per heavy atom. The number of carbonyl (C=O) groups excluding carboxylic acids is 2. The van der Waals surface area contributed by atoms with E-state index in [1.54, 1.807) is 6.07 Å². The van der Waals surface area contributed by atoms with Crippen molar-refractivity contribution in [1.82, 2.24) is 9.62 Å². The predicted octanol–water partition coefficient (Wildman–Crippen LogP) is 2.48. The molecule has 34 heavy (non-hydrogen) atoms. The molecule has 0 bridgehead atoms. The molecule has 4 rings (SSSR count). The maximum absolute atomic E-state index is 13.3. The molecule has 5 atom stereocenters. The van der Waals surface area contributed by atoms with Gasteiger partial charge in [-0.3, -0.25) is 9.59 Å². The van der Waals surface area contributed by atoms with Crippen LogP contribution in [0, 0.1) is 11.8 Å². The molecule has 1 saturated heterocycles. The highest BCUT2D eigenvalue weighted by Crippen LogP contribution is 2.35. The number of hydrogen-bond donors (Lipinski definition) is 1. The molecule has 0 aromatic heterocycles. The summed E-state index contributed by atoms with van der Waals surface area (Å²) in [5.41, 5.74) is 0. The number of fused-ring (bicyclic) bond motifs is 1. The summed E-state index contributed by atoms with van der Waals surface area (Å²) in [4.78, 5) is 25.7. The van der Waals surface area contributed by atoms with Crippen LogP contribution in [0.25, 0.3) is 0 Å². The van der Waals surface area contributed by atoms with Gasteiger partial charge in [-0.25, -0.2) is 8.42 Å². The summed E-state index contributed by atoms with van der Waals surface area (Å²) in [5, 5.41) is 3.02. The number of rotatable bonds is 6. The van der Waals surface area contributed by atoms with Gasteiger partial charge in [0.15, 0.2) is 17.6 Å². The van der Waals surface area contributed by atoms with Crippen molar-refractivity contribution in [1.29, 1.82) is 0 Å². The van der Waals surface area contributed by atoms with Crippen molar-refractivity contribution in [3.63, 3.8) is 0 Å². The quantitative estimate of drug-likeness (QED) is 0.605. The highest BCUT2D eigenvalue weighted by atomic mass is 32.2. The van der Waals surface area contributed by atoms with Crippen LogP contribution in [-0.4, -0.2) is 62.5 Å². The third-order valence-corrected chi connectivity index (χ3v) is 9.20. The number of esters is 1. The number of nitrogens with one attached hydrogen (secondary N) is 1. The van der Waals surface area contributed by atoms with Crippen molar-refractivity contribution < 1.29 is 32.2 Å². The Morgan fingerprint density at radius 2 is 1.82 bits per heavy atom. The van der Waals surface area contributed by atoms with Gasteiger partial charge in [0.05, 0.1) is 4.90 Å². The Hall–Kier alpha value is -2.33. The summed E-state index contributed by atoms with van der Waals surface area (Å²) < 4.78 is 44.2. The van der Waals surface area contributed by atoms with E-state index < -0.39 is 28.1 Å². The first-order valence-corrected chi connectivity index (χ1v) is 13.5. The summed E-state index contributed by atoms with van der Waals surface area (Å²) in [7, 11) is -3.96. The fourth-order valence-electron chi connectivity index (χ4n) is 4.98. The molecule has 1 aliphatic carbocycles. The summed E-state index contributed by atoms with van der Waals surface area (Å²) in [6, 6.07) is 3.52. The van der Waals surface area contributed by atoms with Crippen LogP contribution >= 0.6 is 0 Å². The van der Waals surface area contributed by atoms with Crippen molar-refractivity contribution in [3.8, 4) is 11.5 Å². The molecule has 188 valence electrons. The van der Waals surface area contributed by atoms with Crippen molar-refractivity contribution in [2.45, 2.75) is 76.0 Å². The minimum atomic E-state index is -3.96. The highest BCUT2D eigenvalue weighted by molar-refractivity contribution is 7.89. The Bertz CT molecular complexity index is 1030. The fraction of sp³-hybridized carbons (Fsp3) is 0.667. The van der Waals surface area contributed by atoms with Crippen LogP contribution < -0.4 is 14.8 Å². The Labute approximate surface area is 201 Å². The second-order valence-electron chi connectivity index (χ2n) is 9.54. The van der Waals surface area contributed by atoms with E-state index in [9.17, 15) is 18.0 Å². The molecule has 2 aliphatic heterocycles. The number of ether oxygens (including phenoxy) is 3. The van der Waals surface area contributed by atoms with Crippen LogP contribution in [0.2, 0.25) is 0 Å². The molecule has 1 N–H and O–H groups in total. The number of nitrogens with zero attached hydrogens (tertiary/aromatic N) is 1. The van der Waals surface area contributed by atoms with Crippen molar-refractivity contribution in [2.75, 3.05) is 19.8 Å². The van der Waals surface area contributed by atoms with Crippen LogP contribution in [0.4, 0.5) is 0 Å². The van der Waals surface area contributed by atoms with Gasteiger partial charge >= 0.3 is 5.97 Å². The highest BCUT2D eigenvalue weighted by Gasteiger charge is 2.42. The van der Waals surface area contributed by atoms with E-state index in [4.69, 9.17) is 14.2 Å². The molecule has 1 saturated carbocycles. The SMILES string of the molecule is CC(OC(=O)C1CCCN1S(=O)(=O)c1ccc2c(c1)OCCO2)C(=O)NC1CCCC(C)C1C. The average Bonchev–Trinajstić information content (AvgIpc) is 3.33. The number of benzene rings is 1. The number of hydrogen-bond acceptors (Lipinski definition) is 7. The van der Waals surface area contributed by atoms with E-state index in [1.807, 2.05) is 0 Å². The molecule has 1 aromatic rings. The maximum atomic E-state index is 13.3. The first kappa shape index (κ1) is 24.8. The zero-order valence-corrected chi connectivity index (χ0v) is 20.8. The lowest BCUT2D eigenvalue weighted by Gasteiger charge is -2.35. The van der Waals surface area contributed by atoms with Crippen LogP contribution in [0.5, 0.6) is 11.5 Å². The second-order valence-corrected chi connectivity index (χ2v) is 11.4. The largest absolute Gasteiger partial charge is 0.486 e. The van der Waals surface area contributed by atoms with Crippen LogP contribution in [0.1, 0.15) is 52.9 Å². The molecule has 1 aromatic carbocycles. The van der Waals surface area contributed by atoms with E-state index in [-0.39, 0.29) is 23.4 Å². The van der Waals surface area contributed by atoms with Crippen LogP contribution in [-0.2, 0) is 24.3 Å². The number of carbonyl (C=O) groups is 2. The molecule has 10 heteroatoms. The molecule has 0 radical (unpaired) electrons. The second kappa shape index (κ2) is 10.1. The predicted molar refractivity (Wildman–Crippen MR) is 124 cm³/mol. The Kier molecular flexibility index (Phi) is 7.37. The minimum Gasteiger partial charge on any atom is -0.486 e. The van der Waals surface area contributed by atoms with Gasteiger partial charge in [-0.05, 0) is 50.2 Å². The topological polar surface area (TPSA) is 111 Å². The van der Waals surface area contributed by atoms with Crippen molar-refractivity contribution in [3.05, 3.63) is 18.2 Å². The molecule has 3 aliphatic rings. The first-order chi connectivity index (χ1) is 16.2. The molecular weight excluding hydrogens is 460 g/mol. The average molecular weight is 495 g/mol. The zero-order chi connectivity index (χ0) is 24.5. The normalized spacial score (nSPS) is 28.2. The third-order valence-electron chi connectivity index (χ3n) is 7.29. The third kappa shape index (κ3) is 5.02. The van der Waals surface area contributed by atoms with E-state index in [0.717, 1.165) is 23.6 Å². The summed E-state index contributed by atoms with van der Waals surface area (Å²) in [5.74, 6) is 0.674. The van der Waals surface area contributed by atoms with Gasteiger partial charge < -0.3 is 19.5 Å². The lowest BCUT2D eigenvalue weighted by atomic mass is 9.78. The number of sulfonamides is 1. The molecule has 2 heterocycles. The van der Waals surface area contributed by atoms with Gasteiger partial charge in [0.25, 0.3) is 5.91 Å². The van der Waals surface area contributed by atoms with Gasteiger partial charge in [0.1, 0.15) is 19.3 Å².